The number of benzene rings is 1. The summed E-state index contributed by atoms with van der Waals surface area (Å²) in [6.07, 6.45) is 1.94. The highest BCUT2D eigenvalue weighted by Gasteiger charge is 2.32. The summed E-state index contributed by atoms with van der Waals surface area (Å²) in [5.41, 5.74) is 1.14. The van der Waals surface area contributed by atoms with Gasteiger partial charge in [-0.2, -0.15) is 0 Å². The fourth-order valence-corrected chi connectivity index (χ4v) is 4.80. The summed E-state index contributed by atoms with van der Waals surface area (Å²) in [7, 11) is -1.51. The average Bonchev–Trinajstić information content (AvgIpc) is 3.42. The first-order valence-corrected chi connectivity index (χ1v) is 11.3. The average molecular weight is 441 g/mol. The van der Waals surface area contributed by atoms with E-state index in [9.17, 15) is 22.4 Å². The molecule has 0 unspecified atom stereocenters. The van der Waals surface area contributed by atoms with Crippen LogP contribution >= 0.6 is 11.3 Å². The normalized spacial score (nSPS) is 14.1. The molecule has 2 aromatic rings. The van der Waals surface area contributed by atoms with E-state index >= 15 is 0 Å². The molecule has 1 saturated carbocycles. The Morgan fingerprint density at radius 3 is 2.59 bits per heavy atom. The van der Waals surface area contributed by atoms with Gasteiger partial charge < -0.3 is 10.1 Å². The number of esters is 1. The lowest BCUT2D eigenvalue weighted by Gasteiger charge is -2.13. The highest BCUT2D eigenvalue weighted by atomic mass is 32.2. The Hall–Kier alpha value is -2.30. The third-order valence-corrected chi connectivity index (χ3v) is 7.24. The molecule has 1 N–H and O–H groups in total. The summed E-state index contributed by atoms with van der Waals surface area (Å²) in [5, 5.41) is 4.80. The van der Waals surface area contributed by atoms with Crippen LogP contribution in [0.25, 0.3) is 0 Å². The van der Waals surface area contributed by atoms with Crippen molar-refractivity contribution in [3.8, 4) is 0 Å². The summed E-state index contributed by atoms with van der Waals surface area (Å²) in [5.74, 6) is -1.83. The molecule has 29 heavy (non-hydrogen) atoms. The zero-order valence-corrected chi connectivity index (χ0v) is 17.8. The van der Waals surface area contributed by atoms with Crippen LogP contribution < -0.4 is 5.32 Å². The minimum absolute atomic E-state index is 0.0389. The minimum Gasteiger partial charge on any atom is -0.462 e. The monoisotopic (exact) mass is 440 g/mol. The van der Waals surface area contributed by atoms with E-state index in [2.05, 4.69) is 5.32 Å². The molecule has 3 rings (SSSR count). The molecule has 7 nitrogen and oxygen atoms in total. The number of thiophene rings is 1. The number of hydrogen-bond acceptors (Lipinski definition) is 6. The van der Waals surface area contributed by atoms with E-state index in [1.54, 1.807) is 6.92 Å². The van der Waals surface area contributed by atoms with Crippen LogP contribution in [0.5, 0.6) is 0 Å². The molecular weight excluding hydrogens is 419 g/mol. The first-order valence-electron chi connectivity index (χ1n) is 8.98. The van der Waals surface area contributed by atoms with Crippen molar-refractivity contribution in [1.29, 1.82) is 0 Å². The third-order valence-electron chi connectivity index (χ3n) is 4.50. The first kappa shape index (κ1) is 21.4. The van der Waals surface area contributed by atoms with Gasteiger partial charge in [0.15, 0.2) is 0 Å². The van der Waals surface area contributed by atoms with Crippen molar-refractivity contribution in [3.63, 3.8) is 0 Å². The number of nitrogens with zero attached hydrogens (tertiary/aromatic N) is 1. The van der Waals surface area contributed by atoms with Crippen LogP contribution in [-0.2, 0) is 14.8 Å². The van der Waals surface area contributed by atoms with Crippen molar-refractivity contribution in [2.45, 2.75) is 30.6 Å². The molecule has 1 aromatic carbocycles. The number of halogens is 1. The van der Waals surface area contributed by atoms with Gasteiger partial charge in [-0.25, -0.2) is 21.9 Å². The Balaban J connectivity index is 1.93. The van der Waals surface area contributed by atoms with Crippen LogP contribution in [0.1, 0.15) is 52.0 Å². The van der Waals surface area contributed by atoms with Gasteiger partial charge in [0.2, 0.25) is 10.0 Å². The molecule has 156 valence electrons. The molecule has 0 radical (unpaired) electrons. The quantitative estimate of drug-likeness (QED) is 0.666. The lowest BCUT2D eigenvalue weighted by molar-refractivity contribution is 0.0527. The Labute approximate surface area is 172 Å². The van der Waals surface area contributed by atoms with Gasteiger partial charge in [0, 0.05) is 19.7 Å². The van der Waals surface area contributed by atoms with Crippen molar-refractivity contribution in [2.75, 3.05) is 26.0 Å². The van der Waals surface area contributed by atoms with E-state index in [0.717, 1.165) is 34.8 Å². The molecule has 1 heterocycles. The topological polar surface area (TPSA) is 92.8 Å². The van der Waals surface area contributed by atoms with Gasteiger partial charge in [0.1, 0.15) is 15.7 Å². The van der Waals surface area contributed by atoms with Crippen molar-refractivity contribution in [2.24, 2.45) is 0 Å². The number of carbonyl (C=O) groups excluding carboxylic acids is 2. The Kier molecular flexibility index (Phi) is 6.06. The van der Waals surface area contributed by atoms with Crippen LogP contribution in [0, 0.1) is 5.82 Å². The second-order valence-electron chi connectivity index (χ2n) is 6.78. The van der Waals surface area contributed by atoms with Crippen LogP contribution in [0.15, 0.2) is 28.5 Å². The highest BCUT2D eigenvalue weighted by molar-refractivity contribution is 7.89. The van der Waals surface area contributed by atoms with E-state index in [1.807, 2.05) is 5.38 Å². The highest BCUT2D eigenvalue weighted by Crippen LogP contribution is 2.46. The van der Waals surface area contributed by atoms with Crippen molar-refractivity contribution >= 4 is 38.2 Å². The molecule has 10 heteroatoms. The number of ether oxygens (including phenoxy) is 1. The summed E-state index contributed by atoms with van der Waals surface area (Å²) in [4.78, 5) is 24.5. The molecule has 1 aliphatic rings. The molecule has 0 saturated heterocycles. The number of nitrogens with one attached hydrogen (secondary N) is 1. The number of sulfonamides is 1. The number of amides is 1. The summed E-state index contributed by atoms with van der Waals surface area (Å²) in [6.45, 7) is 1.90. The fourth-order valence-electron chi connectivity index (χ4n) is 2.79. The van der Waals surface area contributed by atoms with E-state index in [0.29, 0.717) is 10.6 Å². The second-order valence-corrected chi connectivity index (χ2v) is 9.78. The molecule has 1 amide bonds. The van der Waals surface area contributed by atoms with E-state index < -0.39 is 32.6 Å². The smallest absolute Gasteiger partial charge is 0.341 e. The zero-order valence-electron chi connectivity index (χ0n) is 16.2. The van der Waals surface area contributed by atoms with Crippen molar-refractivity contribution < 1.29 is 27.1 Å². The minimum atomic E-state index is -4.06. The van der Waals surface area contributed by atoms with Gasteiger partial charge in [-0.3, -0.25) is 4.79 Å². The molecule has 1 aromatic heterocycles. The van der Waals surface area contributed by atoms with Crippen LogP contribution in [-0.4, -0.2) is 45.3 Å². The predicted octanol–water partition coefficient (Wildman–Crippen LogP) is 3.44. The maximum absolute atomic E-state index is 14.1. The summed E-state index contributed by atoms with van der Waals surface area (Å²) >= 11 is 1.21. The molecule has 1 aliphatic carbocycles. The molecule has 1 fully saturated rings. The Morgan fingerprint density at radius 1 is 1.31 bits per heavy atom. The van der Waals surface area contributed by atoms with Gasteiger partial charge in [-0.1, -0.05) is 0 Å². The standard InChI is InChI=1S/C19H21FN2O5S2/c1-4-27-19(24)16-13(11-5-6-11)10-28-18(16)21-17(23)12-7-8-14(20)15(9-12)29(25,26)22(2)3/h7-11H,4-6H2,1-3H3,(H,21,23). The maximum Gasteiger partial charge on any atom is 0.341 e. The third kappa shape index (κ3) is 4.34. The number of carbonyl (C=O) groups is 2. The second kappa shape index (κ2) is 8.21. The Morgan fingerprint density at radius 2 is 2.00 bits per heavy atom. The lowest BCUT2D eigenvalue weighted by atomic mass is 10.1. The van der Waals surface area contributed by atoms with Crippen molar-refractivity contribution in [1.82, 2.24) is 4.31 Å². The number of hydrogen-bond donors (Lipinski definition) is 1. The Bertz CT molecular complexity index is 1060. The molecule has 0 aliphatic heterocycles. The number of rotatable bonds is 7. The molecule has 0 spiro atoms. The molecule has 0 atom stereocenters. The SMILES string of the molecule is CCOC(=O)c1c(C2CC2)csc1NC(=O)c1ccc(F)c(S(=O)(=O)N(C)C)c1. The van der Waals surface area contributed by atoms with Gasteiger partial charge in [0.05, 0.1) is 12.2 Å². The lowest BCUT2D eigenvalue weighted by Crippen LogP contribution is -2.24. The van der Waals surface area contributed by atoms with Gasteiger partial charge >= 0.3 is 5.97 Å². The first-order chi connectivity index (χ1) is 13.7. The van der Waals surface area contributed by atoms with Crippen LogP contribution in [0.4, 0.5) is 9.39 Å². The van der Waals surface area contributed by atoms with Gasteiger partial charge in [-0.15, -0.1) is 11.3 Å². The summed E-state index contributed by atoms with van der Waals surface area (Å²) in [6, 6.07) is 3.11. The van der Waals surface area contributed by atoms with E-state index in [4.69, 9.17) is 4.74 Å². The van der Waals surface area contributed by atoms with Crippen LogP contribution in [0.3, 0.4) is 0 Å². The van der Waals surface area contributed by atoms with E-state index in [-0.39, 0.29) is 18.1 Å². The van der Waals surface area contributed by atoms with Crippen LogP contribution in [0.2, 0.25) is 0 Å². The summed E-state index contributed by atoms with van der Waals surface area (Å²) < 4.78 is 44.6. The van der Waals surface area contributed by atoms with Gasteiger partial charge in [-0.05, 0) is 54.8 Å². The largest absolute Gasteiger partial charge is 0.462 e. The fraction of sp³-hybridized carbons (Fsp3) is 0.368. The van der Waals surface area contributed by atoms with E-state index in [1.165, 1.54) is 31.5 Å². The zero-order chi connectivity index (χ0) is 21.3. The predicted molar refractivity (Wildman–Crippen MR) is 107 cm³/mol. The molecule has 0 bridgehead atoms. The number of anilines is 1. The van der Waals surface area contributed by atoms with Gasteiger partial charge in [0.25, 0.3) is 5.91 Å². The molecular formula is C19H21FN2O5S2. The van der Waals surface area contributed by atoms with Crippen molar-refractivity contribution in [3.05, 3.63) is 46.1 Å². The maximum atomic E-state index is 14.1.